The predicted octanol–water partition coefficient (Wildman–Crippen LogP) is 0.370. The van der Waals surface area contributed by atoms with E-state index >= 15 is 0 Å². The molecule has 7 nitrogen and oxygen atoms in total. The Morgan fingerprint density at radius 2 is 2.11 bits per heavy atom. The highest BCUT2D eigenvalue weighted by molar-refractivity contribution is 5.85. The Kier molecular flexibility index (Phi) is 4.52. The van der Waals surface area contributed by atoms with Crippen LogP contribution in [0.15, 0.2) is 0 Å². The highest BCUT2D eigenvalue weighted by Gasteiger charge is 2.30. The van der Waals surface area contributed by atoms with Crippen LogP contribution in [0.25, 0.3) is 0 Å². The number of hydrogen-bond donors (Lipinski definition) is 1. The molecule has 0 aromatic heterocycles. The van der Waals surface area contributed by atoms with Gasteiger partial charge in [-0.1, -0.05) is 0 Å². The first-order valence-corrected chi connectivity index (χ1v) is 5.61. The summed E-state index contributed by atoms with van der Waals surface area (Å²) in [5.41, 5.74) is -0.583. The minimum Gasteiger partial charge on any atom is -0.451 e. The summed E-state index contributed by atoms with van der Waals surface area (Å²) in [5, 5.41) is 2.46. The highest BCUT2D eigenvalue weighted by atomic mass is 16.6. The summed E-state index contributed by atoms with van der Waals surface area (Å²) in [5.74, 6) is -1.18. The molecular formula is C11H17NO6. The van der Waals surface area contributed by atoms with E-state index in [1.807, 2.05) is 0 Å². The first-order chi connectivity index (χ1) is 8.28. The number of carbonyl (C=O) groups is 3. The molecule has 1 aliphatic rings. The van der Waals surface area contributed by atoms with Crippen molar-refractivity contribution in [1.29, 1.82) is 0 Å². The van der Waals surface area contributed by atoms with Crippen molar-refractivity contribution in [1.82, 2.24) is 5.32 Å². The largest absolute Gasteiger partial charge is 0.451 e. The van der Waals surface area contributed by atoms with E-state index in [-0.39, 0.29) is 19.6 Å². The summed E-state index contributed by atoms with van der Waals surface area (Å²) in [6.45, 7) is 5.03. The van der Waals surface area contributed by atoms with Gasteiger partial charge < -0.3 is 19.5 Å². The number of esters is 2. The Bertz CT molecular complexity index is 346. The third-order valence-corrected chi connectivity index (χ3v) is 1.94. The van der Waals surface area contributed by atoms with Crippen LogP contribution in [-0.2, 0) is 23.8 Å². The molecule has 1 amide bonds. The maximum Gasteiger partial charge on any atom is 0.407 e. The molecule has 1 saturated heterocycles. The van der Waals surface area contributed by atoms with Crippen LogP contribution in [0.3, 0.4) is 0 Å². The Hall–Kier alpha value is -1.79. The van der Waals surface area contributed by atoms with E-state index in [4.69, 9.17) is 9.47 Å². The van der Waals surface area contributed by atoms with Crippen LogP contribution in [0.4, 0.5) is 4.79 Å². The zero-order valence-corrected chi connectivity index (χ0v) is 10.6. The van der Waals surface area contributed by atoms with E-state index in [0.29, 0.717) is 0 Å². The van der Waals surface area contributed by atoms with Crippen LogP contribution < -0.4 is 5.32 Å². The number of amides is 1. The fraction of sp³-hybridized carbons (Fsp3) is 0.727. The van der Waals surface area contributed by atoms with Crippen LogP contribution in [0.1, 0.15) is 27.2 Å². The number of carbonyl (C=O) groups excluding carboxylic acids is 3. The lowest BCUT2D eigenvalue weighted by Gasteiger charge is -2.22. The van der Waals surface area contributed by atoms with Gasteiger partial charge in [0.15, 0.2) is 6.61 Å². The smallest absolute Gasteiger partial charge is 0.407 e. The lowest BCUT2D eigenvalue weighted by Crippen LogP contribution is -2.40. The first-order valence-electron chi connectivity index (χ1n) is 5.61. The van der Waals surface area contributed by atoms with Gasteiger partial charge in [-0.05, 0) is 20.8 Å². The molecule has 1 N–H and O–H groups in total. The molecule has 1 atom stereocenters. The second kappa shape index (κ2) is 5.70. The van der Waals surface area contributed by atoms with E-state index in [9.17, 15) is 14.4 Å². The second-order valence-corrected chi connectivity index (χ2v) is 4.80. The van der Waals surface area contributed by atoms with Crippen molar-refractivity contribution in [3.05, 3.63) is 0 Å². The molecule has 7 heteroatoms. The third-order valence-electron chi connectivity index (χ3n) is 1.94. The number of nitrogens with one attached hydrogen (secondary N) is 1. The maximum absolute atomic E-state index is 11.3. The van der Waals surface area contributed by atoms with Gasteiger partial charge >= 0.3 is 18.0 Å². The topological polar surface area (TPSA) is 90.9 Å². The van der Waals surface area contributed by atoms with Gasteiger partial charge in [-0.15, -0.1) is 0 Å². The average molecular weight is 259 g/mol. The lowest BCUT2D eigenvalue weighted by atomic mass is 10.2. The zero-order chi connectivity index (χ0) is 13.8. The van der Waals surface area contributed by atoms with Gasteiger partial charge in [0.2, 0.25) is 6.10 Å². The van der Waals surface area contributed by atoms with Crippen LogP contribution in [0, 0.1) is 0 Å². The molecule has 0 aliphatic carbocycles. The number of hydrogen-bond acceptors (Lipinski definition) is 6. The van der Waals surface area contributed by atoms with Crippen LogP contribution in [0.5, 0.6) is 0 Å². The molecule has 0 radical (unpaired) electrons. The molecule has 0 bridgehead atoms. The first kappa shape index (κ1) is 14.3. The molecule has 0 saturated carbocycles. The van der Waals surface area contributed by atoms with Crippen molar-refractivity contribution in [3.63, 3.8) is 0 Å². The van der Waals surface area contributed by atoms with Gasteiger partial charge in [0.05, 0.1) is 0 Å². The van der Waals surface area contributed by atoms with Crippen LogP contribution in [-0.4, -0.2) is 42.9 Å². The van der Waals surface area contributed by atoms with E-state index in [0.717, 1.165) is 0 Å². The van der Waals surface area contributed by atoms with Crippen molar-refractivity contribution < 1.29 is 28.6 Å². The summed E-state index contributed by atoms with van der Waals surface area (Å²) in [7, 11) is 0. The van der Waals surface area contributed by atoms with E-state index in [1.165, 1.54) is 0 Å². The third kappa shape index (κ3) is 5.03. The molecule has 0 unspecified atom stereocenters. The molecule has 102 valence electrons. The molecule has 18 heavy (non-hydrogen) atoms. The number of alkyl carbamates (subject to hydrolysis) is 1. The summed E-state index contributed by atoms with van der Waals surface area (Å²) >= 11 is 0. The van der Waals surface area contributed by atoms with Crippen LogP contribution >= 0.6 is 0 Å². The van der Waals surface area contributed by atoms with E-state index < -0.39 is 29.7 Å². The van der Waals surface area contributed by atoms with Gasteiger partial charge in [-0.3, -0.25) is 0 Å². The fourth-order valence-corrected chi connectivity index (χ4v) is 1.26. The number of rotatable bonds is 3. The highest BCUT2D eigenvalue weighted by Crippen LogP contribution is 2.08. The van der Waals surface area contributed by atoms with Crippen molar-refractivity contribution >= 4 is 18.0 Å². The molecule has 1 aliphatic heterocycles. The molecule has 0 spiro atoms. The number of cyclic esters (lactones) is 2. The van der Waals surface area contributed by atoms with Crippen LogP contribution in [0.2, 0.25) is 0 Å². The quantitative estimate of drug-likeness (QED) is 0.581. The Balaban J connectivity index is 2.26. The minimum atomic E-state index is -0.957. The lowest BCUT2D eigenvalue weighted by molar-refractivity contribution is -0.184. The van der Waals surface area contributed by atoms with Crippen molar-refractivity contribution in [2.75, 3.05) is 13.2 Å². The second-order valence-electron chi connectivity index (χ2n) is 4.80. The maximum atomic E-state index is 11.3. The molecule has 0 aromatic rings. The average Bonchev–Trinajstić information content (AvgIpc) is 2.20. The number of ether oxygens (including phenoxy) is 3. The molecule has 1 rings (SSSR count). The molecule has 1 fully saturated rings. The van der Waals surface area contributed by atoms with Crippen molar-refractivity contribution in [2.45, 2.75) is 38.9 Å². The van der Waals surface area contributed by atoms with Crippen molar-refractivity contribution in [2.24, 2.45) is 0 Å². The molecule has 0 aromatic carbocycles. The van der Waals surface area contributed by atoms with E-state index in [1.54, 1.807) is 20.8 Å². The Morgan fingerprint density at radius 1 is 1.44 bits per heavy atom. The summed E-state index contributed by atoms with van der Waals surface area (Å²) in [6, 6.07) is 0. The van der Waals surface area contributed by atoms with Crippen molar-refractivity contribution in [3.8, 4) is 0 Å². The zero-order valence-electron chi connectivity index (χ0n) is 10.6. The monoisotopic (exact) mass is 259 g/mol. The summed E-state index contributed by atoms with van der Waals surface area (Å²) < 4.78 is 14.4. The molecular weight excluding hydrogens is 242 g/mol. The van der Waals surface area contributed by atoms with Gasteiger partial charge in [0, 0.05) is 13.0 Å². The van der Waals surface area contributed by atoms with Gasteiger partial charge in [-0.2, -0.15) is 0 Å². The van der Waals surface area contributed by atoms with Gasteiger partial charge in [0.1, 0.15) is 5.60 Å². The van der Waals surface area contributed by atoms with Gasteiger partial charge in [0.25, 0.3) is 0 Å². The fourth-order valence-electron chi connectivity index (χ4n) is 1.26. The Morgan fingerprint density at radius 3 is 2.72 bits per heavy atom. The minimum absolute atomic E-state index is 0.155. The summed E-state index contributed by atoms with van der Waals surface area (Å²) in [6.07, 6.45) is -1.39. The standard InChI is InChI=1S/C11H17NO6/c1-11(2,3)18-10(15)12-5-4-7-9(14)16-6-8(13)17-7/h7H,4-6H2,1-3H3,(H,12,15)/t7-/m0/s1. The molecule has 1 heterocycles. The van der Waals surface area contributed by atoms with E-state index in [2.05, 4.69) is 10.1 Å². The SMILES string of the molecule is CC(C)(C)OC(=O)NCC[C@@H]1OC(=O)COC1=O. The van der Waals surface area contributed by atoms with Gasteiger partial charge in [-0.25, -0.2) is 14.4 Å². The normalized spacial score (nSPS) is 19.8. The summed E-state index contributed by atoms with van der Waals surface area (Å²) in [4.78, 5) is 33.4. The predicted molar refractivity (Wildman–Crippen MR) is 59.7 cm³/mol. The Labute approximate surface area is 105 Å².